The van der Waals surface area contributed by atoms with E-state index in [-0.39, 0.29) is 16.9 Å². The van der Waals surface area contributed by atoms with Crippen LogP contribution in [0.15, 0.2) is 16.6 Å². The molecule has 3 heterocycles. The van der Waals surface area contributed by atoms with Crippen LogP contribution in [0.25, 0.3) is 16.5 Å². The zero-order valence-corrected chi connectivity index (χ0v) is 12.2. The van der Waals surface area contributed by atoms with Gasteiger partial charge in [-0.15, -0.1) is 16.4 Å². The summed E-state index contributed by atoms with van der Waals surface area (Å²) < 4.78 is 24.2. The Balaban J connectivity index is 2.27. The van der Waals surface area contributed by atoms with Crippen molar-refractivity contribution in [3.8, 4) is 10.7 Å². The minimum Gasteiger partial charge on any atom is -0.368 e. The van der Waals surface area contributed by atoms with Crippen molar-refractivity contribution in [2.75, 3.05) is 12.0 Å². The van der Waals surface area contributed by atoms with Crippen LogP contribution in [0.2, 0.25) is 0 Å². The average Bonchev–Trinajstić information content (AvgIpc) is 2.93. The molecule has 8 nitrogen and oxygen atoms in total. The molecule has 0 amide bonds. The summed E-state index contributed by atoms with van der Waals surface area (Å²) in [6, 6.07) is 1.95. The van der Waals surface area contributed by atoms with Crippen molar-refractivity contribution in [2.45, 2.75) is 12.1 Å². The third-order valence-electron chi connectivity index (χ3n) is 2.61. The lowest BCUT2D eigenvalue weighted by Gasteiger charge is -1.99. The van der Waals surface area contributed by atoms with Crippen LogP contribution in [-0.2, 0) is 9.84 Å². The van der Waals surface area contributed by atoms with E-state index in [9.17, 15) is 8.42 Å². The van der Waals surface area contributed by atoms with E-state index in [4.69, 9.17) is 5.73 Å². The highest BCUT2D eigenvalue weighted by molar-refractivity contribution is 7.90. The van der Waals surface area contributed by atoms with Crippen LogP contribution in [-0.4, -0.2) is 39.2 Å². The van der Waals surface area contributed by atoms with Crippen LogP contribution >= 0.6 is 11.3 Å². The second-order valence-electron chi connectivity index (χ2n) is 4.22. The quantitative estimate of drug-likeness (QED) is 0.734. The number of nitrogens with two attached hydrogens (primary N) is 1. The molecule has 0 aliphatic heterocycles. The molecule has 10 heteroatoms. The lowest BCUT2D eigenvalue weighted by molar-refractivity contribution is 0.592. The average molecular weight is 310 g/mol. The van der Waals surface area contributed by atoms with Gasteiger partial charge in [0.05, 0.1) is 4.88 Å². The molecular formula is C10H10N6O2S2. The van der Waals surface area contributed by atoms with Gasteiger partial charge < -0.3 is 5.73 Å². The molecule has 0 radical (unpaired) electrons. The first kappa shape index (κ1) is 12.9. The summed E-state index contributed by atoms with van der Waals surface area (Å²) in [6.07, 6.45) is 1.01. The molecule has 0 fully saturated rings. The van der Waals surface area contributed by atoms with Crippen LogP contribution in [0, 0.1) is 6.92 Å². The number of thiophene rings is 1. The molecule has 0 spiro atoms. The lowest BCUT2D eigenvalue weighted by atomic mass is 10.3. The highest BCUT2D eigenvalue weighted by atomic mass is 32.2. The van der Waals surface area contributed by atoms with E-state index < -0.39 is 9.84 Å². The standard InChI is InChI=1S/C10H10N6O2S2/c1-5-3-4-19-6(5)7-12-9-14-10(20(2,17)18)13-8(11)16(9)15-7/h3-4H,1-2H3,(H2,11,12,13,14,15). The molecule has 0 atom stereocenters. The highest BCUT2D eigenvalue weighted by Crippen LogP contribution is 2.26. The van der Waals surface area contributed by atoms with E-state index in [2.05, 4.69) is 20.1 Å². The van der Waals surface area contributed by atoms with Gasteiger partial charge in [0.15, 0.2) is 5.82 Å². The van der Waals surface area contributed by atoms with Gasteiger partial charge >= 0.3 is 0 Å². The van der Waals surface area contributed by atoms with E-state index in [1.807, 2.05) is 18.4 Å². The lowest BCUT2D eigenvalue weighted by Crippen LogP contribution is -2.11. The van der Waals surface area contributed by atoms with Gasteiger partial charge in [0.2, 0.25) is 15.8 Å². The number of nitrogens with zero attached hydrogens (tertiary/aromatic N) is 5. The third-order valence-corrected chi connectivity index (χ3v) is 4.47. The number of anilines is 1. The Hall–Kier alpha value is -2.07. The SMILES string of the molecule is Cc1ccsc1-c1nc2nc(S(C)(=O)=O)nc(N)n2n1. The molecular weight excluding hydrogens is 300 g/mol. The minimum atomic E-state index is -3.55. The first-order chi connectivity index (χ1) is 9.36. The number of aromatic nitrogens is 5. The van der Waals surface area contributed by atoms with Gasteiger partial charge in [-0.2, -0.15) is 19.5 Å². The zero-order chi connectivity index (χ0) is 14.5. The molecule has 3 aromatic heterocycles. The molecule has 20 heavy (non-hydrogen) atoms. The molecule has 0 unspecified atom stereocenters. The number of nitrogen functional groups attached to an aromatic ring is 1. The summed E-state index contributed by atoms with van der Waals surface area (Å²) >= 11 is 1.49. The fourth-order valence-electron chi connectivity index (χ4n) is 1.65. The summed E-state index contributed by atoms with van der Waals surface area (Å²) in [4.78, 5) is 12.7. The first-order valence-electron chi connectivity index (χ1n) is 5.51. The normalized spacial score (nSPS) is 12.1. The molecule has 0 saturated carbocycles. The summed E-state index contributed by atoms with van der Waals surface area (Å²) in [6.45, 7) is 1.94. The number of sulfone groups is 1. The van der Waals surface area contributed by atoms with Crippen molar-refractivity contribution in [1.29, 1.82) is 0 Å². The summed E-state index contributed by atoms with van der Waals surface area (Å²) in [7, 11) is -3.55. The number of aryl methyl sites for hydroxylation is 1. The predicted octanol–water partition coefficient (Wildman–Crippen LogP) is 0.542. The Morgan fingerprint density at radius 3 is 2.65 bits per heavy atom. The Morgan fingerprint density at radius 2 is 2.05 bits per heavy atom. The Bertz CT molecular complexity index is 911. The predicted molar refractivity (Wildman–Crippen MR) is 74.1 cm³/mol. The Morgan fingerprint density at radius 1 is 1.30 bits per heavy atom. The maximum Gasteiger partial charge on any atom is 0.258 e. The molecule has 0 aliphatic rings. The smallest absolute Gasteiger partial charge is 0.258 e. The molecule has 0 aromatic carbocycles. The van der Waals surface area contributed by atoms with Crippen molar-refractivity contribution >= 4 is 32.9 Å². The van der Waals surface area contributed by atoms with Gasteiger partial charge in [-0.3, -0.25) is 0 Å². The monoisotopic (exact) mass is 310 g/mol. The van der Waals surface area contributed by atoms with Gasteiger partial charge in [0, 0.05) is 6.26 Å². The number of hydrogen-bond donors (Lipinski definition) is 1. The Kier molecular flexibility index (Phi) is 2.73. The maximum absolute atomic E-state index is 11.5. The van der Waals surface area contributed by atoms with Crippen LogP contribution in [0.4, 0.5) is 5.95 Å². The van der Waals surface area contributed by atoms with E-state index in [0.717, 1.165) is 16.7 Å². The van der Waals surface area contributed by atoms with E-state index in [1.54, 1.807) is 0 Å². The van der Waals surface area contributed by atoms with Crippen molar-refractivity contribution < 1.29 is 8.42 Å². The number of fused-ring (bicyclic) bond motifs is 1. The van der Waals surface area contributed by atoms with Crippen LogP contribution in [0.3, 0.4) is 0 Å². The molecule has 3 aromatic rings. The fraction of sp³-hybridized carbons (Fsp3) is 0.200. The second-order valence-corrected chi connectivity index (χ2v) is 7.04. The molecule has 3 rings (SSSR count). The highest BCUT2D eigenvalue weighted by Gasteiger charge is 2.18. The molecule has 2 N–H and O–H groups in total. The molecule has 0 bridgehead atoms. The first-order valence-corrected chi connectivity index (χ1v) is 8.28. The topological polar surface area (TPSA) is 116 Å². The zero-order valence-electron chi connectivity index (χ0n) is 10.6. The van der Waals surface area contributed by atoms with Crippen molar-refractivity contribution in [2.24, 2.45) is 0 Å². The fourth-order valence-corrected chi connectivity index (χ4v) is 3.01. The summed E-state index contributed by atoms with van der Waals surface area (Å²) in [5.41, 5.74) is 6.74. The molecule has 104 valence electrons. The van der Waals surface area contributed by atoms with Gasteiger partial charge in [-0.05, 0) is 23.9 Å². The van der Waals surface area contributed by atoms with Gasteiger partial charge in [0.25, 0.3) is 10.9 Å². The number of rotatable bonds is 2. The third kappa shape index (κ3) is 2.02. The van der Waals surface area contributed by atoms with Crippen LogP contribution in [0.1, 0.15) is 5.56 Å². The maximum atomic E-state index is 11.5. The van der Waals surface area contributed by atoms with Gasteiger partial charge in [0.1, 0.15) is 0 Å². The van der Waals surface area contributed by atoms with Crippen molar-refractivity contribution in [3.63, 3.8) is 0 Å². The minimum absolute atomic E-state index is 0.0663. The molecule has 0 saturated heterocycles. The van der Waals surface area contributed by atoms with Crippen LogP contribution in [0.5, 0.6) is 0 Å². The summed E-state index contributed by atoms with van der Waals surface area (Å²) in [5, 5.41) is 5.78. The number of hydrogen-bond acceptors (Lipinski definition) is 8. The second kappa shape index (κ2) is 4.21. The van der Waals surface area contributed by atoms with Crippen molar-refractivity contribution in [1.82, 2.24) is 24.6 Å². The summed E-state index contributed by atoms with van der Waals surface area (Å²) in [5.74, 6) is 0.494. The van der Waals surface area contributed by atoms with E-state index in [0.29, 0.717) is 5.82 Å². The van der Waals surface area contributed by atoms with Crippen molar-refractivity contribution in [3.05, 3.63) is 17.0 Å². The Labute approximate surface area is 118 Å². The largest absolute Gasteiger partial charge is 0.368 e. The molecule has 0 aliphatic carbocycles. The van der Waals surface area contributed by atoms with E-state index in [1.165, 1.54) is 15.9 Å². The van der Waals surface area contributed by atoms with Gasteiger partial charge in [-0.25, -0.2) is 8.42 Å². The van der Waals surface area contributed by atoms with Gasteiger partial charge in [-0.1, -0.05) is 0 Å². The van der Waals surface area contributed by atoms with E-state index >= 15 is 0 Å². The van der Waals surface area contributed by atoms with Crippen LogP contribution < -0.4 is 5.73 Å².